The quantitative estimate of drug-likeness (QED) is 0.804. The second kappa shape index (κ2) is 5.38. The van der Waals surface area contributed by atoms with Gasteiger partial charge in [-0.3, -0.25) is 9.69 Å². The van der Waals surface area contributed by atoms with Gasteiger partial charge in [0.15, 0.2) is 5.13 Å². The van der Waals surface area contributed by atoms with E-state index in [4.69, 9.17) is 5.73 Å². The molecule has 0 bridgehead atoms. The van der Waals surface area contributed by atoms with Crippen molar-refractivity contribution >= 4 is 22.4 Å². The molecule has 1 unspecified atom stereocenters. The van der Waals surface area contributed by atoms with Crippen LogP contribution >= 0.6 is 11.3 Å². The molecule has 88 valence electrons. The Morgan fingerprint density at radius 3 is 3.31 bits per heavy atom. The number of amides is 1. The number of rotatable bonds is 4. The fourth-order valence-corrected chi connectivity index (χ4v) is 2.56. The number of thiazole rings is 1. The molecule has 1 aliphatic heterocycles. The van der Waals surface area contributed by atoms with E-state index in [0.717, 1.165) is 25.9 Å². The maximum Gasteiger partial charge on any atom is 0.243 e. The first-order valence-electron chi connectivity index (χ1n) is 5.45. The van der Waals surface area contributed by atoms with Gasteiger partial charge in [-0.15, -0.1) is 11.3 Å². The summed E-state index contributed by atoms with van der Waals surface area (Å²) in [6, 6.07) is -0.0348. The van der Waals surface area contributed by atoms with Gasteiger partial charge in [-0.1, -0.05) is 0 Å². The highest BCUT2D eigenvalue weighted by Crippen LogP contribution is 2.19. The molecule has 1 aliphatic rings. The summed E-state index contributed by atoms with van der Waals surface area (Å²) in [4.78, 5) is 18.2. The molecular formula is C10H16N4OS. The molecule has 1 saturated heterocycles. The van der Waals surface area contributed by atoms with Gasteiger partial charge < -0.3 is 11.1 Å². The lowest BCUT2D eigenvalue weighted by Gasteiger charge is -2.22. The third kappa shape index (κ3) is 2.58. The van der Waals surface area contributed by atoms with Crippen LogP contribution in [0, 0.1) is 0 Å². The van der Waals surface area contributed by atoms with Crippen LogP contribution in [0.5, 0.6) is 0 Å². The first kappa shape index (κ1) is 11.5. The molecule has 6 heteroatoms. The zero-order chi connectivity index (χ0) is 11.4. The van der Waals surface area contributed by atoms with Crippen molar-refractivity contribution in [2.75, 3.05) is 25.0 Å². The van der Waals surface area contributed by atoms with E-state index in [9.17, 15) is 4.79 Å². The lowest BCUT2D eigenvalue weighted by Crippen LogP contribution is -2.41. The number of anilines is 1. The van der Waals surface area contributed by atoms with Crippen LogP contribution in [0.4, 0.5) is 5.13 Å². The lowest BCUT2D eigenvalue weighted by molar-refractivity contribution is -0.120. The second-order valence-corrected chi connectivity index (χ2v) is 4.70. The number of likely N-dealkylation sites (tertiary alicyclic amines) is 1. The van der Waals surface area contributed by atoms with Crippen molar-refractivity contribution in [3.8, 4) is 0 Å². The van der Waals surface area contributed by atoms with E-state index in [1.807, 2.05) is 5.38 Å². The zero-order valence-electron chi connectivity index (χ0n) is 9.06. The van der Waals surface area contributed by atoms with E-state index in [2.05, 4.69) is 15.2 Å². The third-order valence-corrected chi connectivity index (χ3v) is 3.43. The molecule has 1 aromatic rings. The van der Waals surface area contributed by atoms with Crippen LogP contribution in [0.1, 0.15) is 12.8 Å². The summed E-state index contributed by atoms with van der Waals surface area (Å²) < 4.78 is 0. The fourth-order valence-electron chi connectivity index (χ4n) is 2.03. The molecule has 0 saturated carbocycles. The number of hydrogen-bond donors (Lipinski definition) is 2. The van der Waals surface area contributed by atoms with Gasteiger partial charge in [-0.05, 0) is 19.4 Å². The molecular weight excluding hydrogens is 224 g/mol. The summed E-state index contributed by atoms with van der Waals surface area (Å²) in [6.45, 7) is 2.35. The average Bonchev–Trinajstić information content (AvgIpc) is 2.89. The number of carbonyl (C=O) groups is 1. The standard InChI is InChI=1S/C10H16N4OS/c11-3-6-14-5-1-2-8(14)9(15)13-10-12-4-7-16-10/h4,7-8H,1-3,5-6,11H2,(H,12,13,15). The topological polar surface area (TPSA) is 71.2 Å². The number of nitrogens with two attached hydrogens (primary N) is 1. The van der Waals surface area contributed by atoms with Crippen LogP contribution in [0.2, 0.25) is 0 Å². The van der Waals surface area contributed by atoms with E-state index in [-0.39, 0.29) is 11.9 Å². The Kier molecular flexibility index (Phi) is 3.87. The Morgan fingerprint density at radius 1 is 1.75 bits per heavy atom. The number of hydrogen-bond acceptors (Lipinski definition) is 5. The molecule has 1 atom stereocenters. The predicted molar refractivity (Wildman–Crippen MR) is 64.4 cm³/mol. The maximum absolute atomic E-state index is 12.0. The van der Waals surface area contributed by atoms with Crippen molar-refractivity contribution in [2.45, 2.75) is 18.9 Å². The molecule has 0 aliphatic carbocycles. The normalized spacial score (nSPS) is 21.2. The van der Waals surface area contributed by atoms with Crippen molar-refractivity contribution < 1.29 is 4.79 Å². The van der Waals surface area contributed by atoms with Gasteiger partial charge in [0.1, 0.15) is 0 Å². The third-order valence-electron chi connectivity index (χ3n) is 2.75. The summed E-state index contributed by atoms with van der Waals surface area (Å²) in [5.74, 6) is 0.0425. The summed E-state index contributed by atoms with van der Waals surface area (Å²) in [6.07, 6.45) is 3.67. The van der Waals surface area contributed by atoms with Crippen molar-refractivity contribution in [3.63, 3.8) is 0 Å². The van der Waals surface area contributed by atoms with E-state index in [0.29, 0.717) is 11.7 Å². The maximum atomic E-state index is 12.0. The highest BCUT2D eigenvalue weighted by atomic mass is 32.1. The highest BCUT2D eigenvalue weighted by Gasteiger charge is 2.30. The first-order chi connectivity index (χ1) is 7.81. The van der Waals surface area contributed by atoms with Gasteiger partial charge in [-0.2, -0.15) is 0 Å². The Balaban J connectivity index is 1.93. The molecule has 3 N–H and O–H groups in total. The van der Waals surface area contributed by atoms with Gasteiger partial charge in [0.05, 0.1) is 6.04 Å². The summed E-state index contributed by atoms with van der Waals surface area (Å²) in [5.41, 5.74) is 5.52. The van der Waals surface area contributed by atoms with E-state index in [1.54, 1.807) is 6.20 Å². The fraction of sp³-hybridized carbons (Fsp3) is 0.600. The molecule has 0 spiro atoms. The Hall–Kier alpha value is -0.980. The SMILES string of the molecule is NCCN1CCCC1C(=O)Nc1nccs1. The second-order valence-electron chi connectivity index (χ2n) is 3.81. The van der Waals surface area contributed by atoms with Crippen LogP contribution in [-0.4, -0.2) is 41.5 Å². The van der Waals surface area contributed by atoms with Crippen LogP contribution in [0.15, 0.2) is 11.6 Å². The Bertz CT molecular complexity index is 341. The van der Waals surface area contributed by atoms with Crippen LogP contribution in [0.3, 0.4) is 0 Å². The number of carbonyl (C=O) groups excluding carboxylic acids is 1. The van der Waals surface area contributed by atoms with Crippen molar-refractivity contribution in [3.05, 3.63) is 11.6 Å². The largest absolute Gasteiger partial charge is 0.329 e. The average molecular weight is 240 g/mol. The number of aromatic nitrogens is 1. The predicted octanol–water partition coefficient (Wildman–Crippen LogP) is 0.505. The molecule has 2 heterocycles. The van der Waals surface area contributed by atoms with Crippen molar-refractivity contribution in [1.29, 1.82) is 0 Å². The van der Waals surface area contributed by atoms with Gasteiger partial charge in [0.2, 0.25) is 5.91 Å². The van der Waals surface area contributed by atoms with Crippen molar-refractivity contribution in [1.82, 2.24) is 9.88 Å². The van der Waals surface area contributed by atoms with Gasteiger partial charge >= 0.3 is 0 Å². The molecule has 5 nitrogen and oxygen atoms in total. The monoisotopic (exact) mass is 240 g/mol. The van der Waals surface area contributed by atoms with Gasteiger partial charge in [-0.25, -0.2) is 4.98 Å². The van der Waals surface area contributed by atoms with Crippen molar-refractivity contribution in [2.24, 2.45) is 5.73 Å². The molecule has 1 fully saturated rings. The van der Waals surface area contributed by atoms with Gasteiger partial charge in [0.25, 0.3) is 0 Å². The van der Waals surface area contributed by atoms with Crippen LogP contribution in [-0.2, 0) is 4.79 Å². The first-order valence-corrected chi connectivity index (χ1v) is 6.33. The molecule has 2 rings (SSSR count). The molecule has 16 heavy (non-hydrogen) atoms. The zero-order valence-corrected chi connectivity index (χ0v) is 9.87. The number of nitrogens with one attached hydrogen (secondary N) is 1. The highest BCUT2D eigenvalue weighted by molar-refractivity contribution is 7.13. The minimum atomic E-state index is -0.0348. The van der Waals surface area contributed by atoms with E-state index < -0.39 is 0 Å². The molecule has 0 aromatic carbocycles. The molecule has 1 aromatic heterocycles. The molecule has 0 radical (unpaired) electrons. The summed E-state index contributed by atoms with van der Waals surface area (Å²) in [5, 5.41) is 5.36. The van der Waals surface area contributed by atoms with Crippen LogP contribution in [0.25, 0.3) is 0 Å². The smallest absolute Gasteiger partial charge is 0.243 e. The summed E-state index contributed by atoms with van der Waals surface area (Å²) >= 11 is 1.44. The van der Waals surface area contributed by atoms with E-state index >= 15 is 0 Å². The number of nitrogens with zero attached hydrogens (tertiary/aromatic N) is 2. The Morgan fingerprint density at radius 2 is 2.62 bits per heavy atom. The Labute approximate surface area is 98.7 Å². The van der Waals surface area contributed by atoms with Crippen LogP contribution < -0.4 is 11.1 Å². The van der Waals surface area contributed by atoms with E-state index in [1.165, 1.54) is 11.3 Å². The summed E-state index contributed by atoms with van der Waals surface area (Å²) in [7, 11) is 0. The minimum Gasteiger partial charge on any atom is -0.329 e. The van der Waals surface area contributed by atoms with Gasteiger partial charge in [0, 0.05) is 24.7 Å². The molecule has 1 amide bonds. The lowest BCUT2D eigenvalue weighted by atomic mass is 10.2. The minimum absolute atomic E-state index is 0.0348.